The zero-order valence-electron chi connectivity index (χ0n) is 11.9. The van der Waals surface area contributed by atoms with Crippen molar-refractivity contribution in [2.75, 3.05) is 11.1 Å². The maximum absolute atomic E-state index is 12.2. The van der Waals surface area contributed by atoms with Crippen LogP contribution in [-0.2, 0) is 0 Å². The van der Waals surface area contributed by atoms with Gasteiger partial charge in [0, 0.05) is 16.8 Å². The molecule has 0 aliphatic heterocycles. The van der Waals surface area contributed by atoms with Crippen LogP contribution in [0.4, 0.5) is 11.4 Å². The summed E-state index contributed by atoms with van der Waals surface area (Å²) in [6.45, 7) is 1.93. The lowest BCUT2D eigenvalue weighted by Gasteiger charge is -2.06. The van der Waals surface area contributed by atoms with Crippen molar-refractivity contribution >= 4 is 28.3 Å². The predicted molar refractivity (Wildman–Crippen MR) is 86.0 cm³/mol. The van der Waals surface area contributed by atoms with E-state index in [0.717, 1.165) is 5.56 Å². The molecule has 0 fully saturated rings. The van der Waals surface area contributed by atoms with Gasteiger partial charge in [0.1, 0.15) is 11.1 Å². The number of benzene rings is 2. The normalized spacial score (nSPS) is 10.6. The molecule has 0 saturated carbocycles. The smallest absolute Gasteiger partial charge is 0.349 e. The molecule has 110 valence electrons. The number of hydrogen-bond acceptors (Lipinski definition) is 4. The average Bonchev–Trinajstić information content (AvgIpc) is 2.49. The quantitative estimate of drug-likeness (QED) is 0.562. The molecule has 0 aliphatic rings. The molecule has 0 saturated heterocycles. The number of anilines is 2. The highest BCUT2D eigenvalue weighted by Crippen LogP contribution is 2.16. The van der Waals surface area contributed by atoms with E-state index in [9.17, 15) is 9.59 Å². The van der Waals surface area contributed by atoms with Gasteiger partial charge in [-0.1, -0.05) is 11.6 Å². The minimum absolute atomic E-state index is 0.0325. The Bertz CT molecular complexity index is 911. The molecule has 0 spiro atoms. The molecule has 1 amide bonds. The van der Waals surface area contributed by atoms with Gasteiger partial charge in [-0.2, -0.15) is 0 Å². The van der Waals surface area contributed by atoms with Crippen LogP contribution in [-0.4, -0.2) is 5.91 Å². The van der Waals surface area contributed by atoms with Gasteiger partial charge in [0.2, 0.25) is 0 Å². The standard InChI is InChI=1S/C17H14N2O3/c1-10-2-7-15-11(8-10)9-14(17(21)22-15)16(20)19-13-5-3-12(18)4-6-13/h2-9H,18H2,1H3,(H,19,20). The second-order valence-corrected chi connectivity index (χ2v) is 5.06. The molecule has 1 heterocycles. The average molecular weight is 294 g/mol. The Hall–Kier alpha value is -3.08. The van der Waals surface area contributed by atoms with Crippen LogP contribution >= 0.6 is 0 Å². The zero-order chi connectivity index (χ0) is 15.7. The number of nitrogen functional groups attached to an aromatic ring is 1. The van der Waals surface area contributed by atoms with Crippen LogP contribution in [0.2, 0.25) is 0 Å². The van der Waals surface area contributed by atoms with E-state index in [1.54, 1.807) is 36.4 Å². The van der Waals surface area contributed by atoms with Crippen molar-refractivity contribution in [1.29, 1.82) is 0 Å². The van der Waals surface area contributed by atoms with Gasteiger partial charge in [-0.3, -0.25) is 4.79 Å². The summed E-state index contributed by atoms with van der Waals surface area (Å²) in [4.78, 5) is 24.2. The molecule has 5 nitrogen and oxygen atoms in total. The first kappa shape index (κ1) is 13.9. The van der Waals surface area contributed by atoms with Gasteiger partial charge in [-0.15, -0.1) is 0 Å². The maximum atomic E-state index is 12.2. The Morgan fingerprint density at radius 2 is 1.82 bits per heavy atom. The SMILES string of the molecule is Cc1ccc2oc(=O)c(C(=O)Nc3ccc(N)cc3)cc2c1. The highest BCUT2D eigenvalue weighted by Gasteiger charge is 2.14. The van der Waals surface area contributed by atoms with Crippen molar-refractivity contribution in [3.8, 4) is 0 Å². The maximum Gasteiger partial charge on any atom is 0.349 e. The predicted octanol–water partition coefficient (Wildman–Crippen LogP) is 2.94. The summed E-state index contributed by atoms with van der Waals surface area (Å²) in [5.41, 5.74) is 7.53. The minimum Gasteiger partial charge on any atom is -0.422 e. The van der Waals surface area contributed by atoms with E-state index in [4.69, 9.17) is 10.2 Å². The summed E-state index contributed by atoms with van der Waals surface area (Å²) in [5, 5.41) is 3.36. The fourth-order valence-corrected chi connectivity index (χ4v) is 2.17. The summed E-state index contributed by atoms with van der Waals surface area (Å²) < 4.78 is 5.19. The first-order valence-electron chi connectivity index (χ1n) is 6.74. The molecule has 3 rings (SSSR count). The summed E-state index contributed by atoms with van der Waals surface area (Å²) in [6, 6.07) is 13.6. The topological polar surface area (TPSA) is 85.3 Å². The fourth-order valence-electron chi connectivity index (χ4n) is 2.17. The number of rotatable bonds is 2. The first-order chi connectivity index (χ1) is 10.5. The molecular formula is C17H14N2O3. The summed E-state index contributed by atoms with van der Waals surface area (Å²) in [7, 11) is 0. The lowest BCUT2D eigenvalue weighted by molar-refractivity contribution is 0.102. The number of amides is 1. The monoisotopic (exact) mass is 294 g/mol. The first-order valence-corrected chi connectivity index (χ1v) is 6.74. The van der Waals surface area contributed by atoms with Crippen molar-refractivity contribution in [3.63, 3.8) is 0 Å². The van der Waals surface area contributed by atoms with E-state index in [2.05, 4.69) is 5.32 Å². The van der Waals surface area contributed by atoms with E-state index in [-0.39, 0.29) is 5.56 Å². The van der Waals surface area contributed by atoms with Crippen LogP contribution in [0.5, 0.6) is 0 Å². The van der Waals surface area contributed by atoms with Gasteiger partial charge in [-0.05, 0) is 49.4 Å². The number of nitrogens with two attached hydrogens (primary N) is 1. The van der Waals surface area contributed by atoms with Crippen molar-refractivity contribution < 1.29 is 9.21 Å². The van der Waals surface area contributed by atoms with Crippen molar-refractivity contribution in [2.45, 2.75) is 6.92 Å². The van der Waals surface area contributed by atoms with Crippen LogP contribution in [0.25, 0.3) is 11.0 Å². The Morgan fingerprint density at radius 3 is 2.55 bits per heavy atom. The molecule has 2 aromatic carbocycles. The van der Waals surface area contributed by atoms with Gasteiger partial charge in [0.05, 0.1) is 0 Å². The van der Waals surface area contributed by atoms with Crippen LogP contribution in [0, 0.1) is 6.92 Å². The number of hydrogen-bond donors (Lipinski definition) is 2. The number of carbonyl (C=O) groups is 1. The molecule has 22 heavy (non-hydrogen) atoms. The number of carbonyl (C=O) groups excluding carboxylic acids is 1. The molecule has 0 atom stereocenters. The number of aryl methyl sites for hydroxylation is 1. The molecule has 5 heteroatoms. The van der Waals surface area contributed by atoms with Crippen LogP contribution in [0.1, 0.15) is 15.9 Å². The van der Waals surface area contributed by atoms with Gasteiger partial charge in [0.15, 0.2) is 0 Å². The summed E-state index contributed by atoms with van der Waals surface area (Å²) in [5.74, 6) is -0.512. The highest BCUT2D eigenvalue weighted by molar-refractivity contribution is 6.05. The second kappa shape index (κ2) is 5.37. The van der Waals surface area contributed by atoms with Crippen molar-refractivity contribution in [2.24, 2.45) is 0 Å². The molecule has 0 unspecified atom stereocenters. The summed E-state index contributed by atoms with van der Waals surface area (Å²) in [6.07, 6.45) is 0. The van der Waals surface area contributed by atoms with Crippen molar-refractivity contribution in [1.82, 2.24) is 0 Å². The number of nitrogens with one attached hydrogen (secondary N) is 1. The Morgan fingerprint density at radius 1 is 1.09 bits per heavy atom. The van der Waals surface area contributed by atoms with E-state index in [1.165, 1.54) is 0 Å². The molecule has 0 aliphatic carbocycles. The highest BCUT2D eigenvalue weighted by atomic mass is 16.4. The zero-order valence-corrected chi connectivity index (χ0v) is 11.9. The molecule has 0 bridgehead atoms. The third-order valence-corrected chi connectivity index (χ3v) is 3.30. The van der Waals surface area contributed by atoms with E-state index >= 15 is 0 Å². The van der Waals surface area contributed by atoms with Gasteiger partial charge in [0.25, 0.3) is 5.91 Å². The number of fused-ring (bicyclic) bond motifs is 1. The van der Waals surface area contributed by atoms with Crippen LogP contribution in [0.3, 0.4) is 0 Å². The second-order valence-electron chi connectivity index (χ2n) is 5.06. The lowest BCUT2D eigenvalue weighted by atomic mass is 10.1. The van der Waals surface area contributed by atoms with E-state index in [1.807, 2.05) is 19.1 Å². The fraction of sp³-hybridized carbons (Fsp3) is 0.0588. The molecule has 0 radical (unpaired) electrons. The van der Waals surface area contributed by atoms with Crippen molar-refractivity contribution in [3.05, 3.63) is 70.1 Å². The molecular weight excluding hydrogens is 280 g/mol. The summed E-state index contributed by atoms with van der Waals surface area (Å²) >= 11 is 0. The molecule has 1 aromatic heterocycles. The molecule has 3 aromatic rings. The van der Waals surface area contributed by atoms with Crippen LogP contribution < -0.4 is 16.7 Å². The third-order valence-electron chi connectivity index (χ3n) is 3.30. The Balaban J connectivity index is 1.98. The van der Waals surface area contributed by atoms with Gasteiger partial charge in [-0.25, -0.2) is 4.79 Å². The van der Waals surface area contributed by atoms with E-state index < -0.39 is 11.5 Å². The third kappa shape index (κ3) is 2.69. The van der Waals surface area contributed by atoms with Gasteiger partial charge < -0.3 is 15.5 Å². The van der Waals surface area contributed by atoms with Gasteiger partial charge >= 0.3 is 5.63 Å². The lowest BCUT2D eigenvalue weighted by Crippen LogP contribution is -2.20. The van der Waals surface area contributed by atoms with Crippen LogP contribution in [0.15, 0.2) is 57.7 Å². The Labute approximate surface area is 126 Å². The Kier molecular flexibility index (Phi) is 3.39. The minimum atomic E-state index is -0.663. The van der Waals surface area contributed by atoms with E-state index in [0.29, 0.717) is 22.3 Å². The molecule has 3 N–H and O–H groups in total. The largest absolute Gasteiger partial charge is 0.422 e.